The van der Waals surface area contributed by atoms with Gasteiger partial charge >= 0.3 is 0 Å². The normalized spacial score (nSPS) is 18.9. The minimum atomic E-state index is -0.141. The first-order valence-corrected chi connectivity index (χ1v) is 32.5. The van der Waals surface area contributed by atoms with Gasteiger partial charge in [-0.1, -0.05) is 206 Å². The number of hydrogen-bond donors (Lipinski definition) is 1. The van der Waals surface area contributed by atoms with E-state index in [1.165, 1.54) is 139 Å². The van der Waals surface area contributed by atoms with Crippen LogP contribution in [0.3, 0.4) is 0 Å². The lowest BCUT2D eigenvalue weighted by atomic mass is 9.55. The number of nitrogens with one attached hydrogen (secondary N) is 1. The fraction of sp³-hybridized carbons (Fsp3) is 0.325. The van der Waals surface area contributed by atoms with Crippen LogP contribution in [0.15, 0.2) is 170 Å². The monoisotopic (exact) mass is 1130 g/mol. The second kappa shape index (κ2) is 18.2. The lowest BCUT2D eigenvalue weighted by molar-refractivity contribution is 0.332. The van der Waals surface area contributed by atoms with E-state index in [1.54, 1.807) is 0 Å². The molecule has 87 heavy (non-hydrogen) atoms. The highest BCUT2D eigenvalue weighted by Crippen LogP contribution is 2.56. The van der Waals surface area contributed by atoms with E-state index in [4.69, 9.17) is 0 Å². The van der Waals surface area contributed by atoms with E-state index in [0.29, 0.717) is 0 Å². The lowest BCUT2D eigenvalue weighted by Gasteiger charge is -2.43. The maximum absolute atomic E-state index is 4.31. The summed E-state index contributed by atoms with van der Waals surface area (Å²) in [5.41, 5.74) is 28.7. The van der Waals surface area contributed by atoms with Crippen molar-refractivity contribution in [3.05, 3.63) is 214 Å². The maximum atomic E-state index is 4.31. The van der Waals surface area contributed by atoms with Gasteiger partial charge in [-0.15, -0.1) is 0 Å². The van der Waals surface area contributed by atoms with Crippen LogP contribution >= 0.6 is 0 Å². The van der Waals surface area contributed by atoms with Crippen molar-refractivity contribution in [2.45, 2.75) is 173 Å². The molecule has 16 rings (SSSR count). The molecule has 11 aromatic rings. The standard InChI is InChI=1S/C83H83BN3/c1-77(2)35-36-78(3,4)63-42-52(29-32-62(63)77)85-69-47-66-64(79(5,6)37-39-81(66,9)10)44-58(69)59-45-72(86(53-30-27-49-21-15-16-23-51(49)41-53)54-31-33-61-57(43-54)56-25-19-20-26-60(56)83(61,13)14)74-73-55-24-18-17-22-50(55)28-34-70(73)87-71-48-67-65(46-68(71)84-75(59)76(74)87)80(7,8)38-40-82(67,11)12/h15-34,41-48,85H,35-40H2,1-14H3. The molecule has 1 aromatic heterocycles. The smallest absolute Gasteiger partial charge is 0.197 e. The van der Waals surface area contributed by atoms with Crippen molar-refractivity contribution in [1.82, 2.24) is 4.57 Å². The molecule has 0 unspecified atom stereocenters. The molecule has 433 valence electrons. The molecule has 3 nitrogen and oxygen atoms in total. The summed E-state index contributed by atoms with van der Waals surface area (Å²) >= 11 is 0. The van der Waals surface area contributed by atoms with E-state index in [-0.39, 0.29) is 37.9 Å². The van der Waals surface area contributed by atoms with Crippen LogP contribution in [0.2, 0.25) is 0 Å². The van der Waals surface area contributed by atoms with Crippen LogP contribution < -0.4 is 21.1 Å². The van der Waals surface area contributed by atoms with Gasteiger partial charge < -0.3 is 14.8 Å². The summed E-state index contributed by atoms with van der Waals surface area (Å²) in [6.07, 6.45) is 6.91. The Morgan fingerprint density at radius 3 is 1.64 bits per heavy atom. The van der Waals surface area contributed by atoms with Gasteiger partial charge in [0.1, 0.15) is 0 Å². The fourth-order valence-electron chi connectivity index (χ4n) is 17.2. The second-order valence-electron chi connectivity index (χ2n) is 31.6. The van der Waals surface area contributed by atoms with Gasteiger partial charge in [0, 0.05) is 50.2 Å². The van der Waals surface area contributed by atoms with Gasteiger partial charge in [-0.05, 0) is 226 Å². The van der Waals surface area contributed by atoms with Gasteiger partial charge in [0.25, 0.3) is 0 Å². The van der Waals surface area contributed by atoms with Crippen molar-refractivity contribution < 1.29 is 0 Å². The quantitative estimate of drug-likeness (QED) is 0.167. The predicted molar refractivity (Wildman–Crippen MR) is 374 cm³/mol. The van der Waals surface area contributed by atoms with Crippen LogP contribution in [0, 0.1) is 0 Å². The highest BCUT2D eigenvalue weighted by atomic mass is 15.1. The average molecular weight is 1130 g/mol. The molecule has 0 saturated heterocycles. The average Bonchev–Trinajstić information content (AvgIpc) is 1.59. The van der Waals surface area contributed by atoms with Crippen molar-refractivity contribution in [3.8, 4) is 27.9 Å². The molecule has 2 heterocycles. The summed E-state index contributed by atoms with van der Waals surface area (Å²) in [5, 5.41) is 11.8. The van der Waals surface area contributed by atoms with E-state index in [1.807, 2.05) is 0 Å². The molecule has 1 N–H and O–H groups in total. The van der Waals surface area contributed by atoms with Crippen molar-refractivity contribution in [2.24, 2.45) is 0 Å². The Morgan fingerprint density at radius 1 is 0.391 bits per heavy atom. The second-order valence-corrected chi connectivity index (χ2v) is 31.6. The first-order chi connectivity index (χ1) is 41.3. The zero-order chi connectivity index (χ0) is 60.3. The highest BCUT2D eigenvalue weighted by molar-refractivity contribution is 6.74. The van der Waals surface area contributed by atoms with E-state index < -0.39 is 0 Å². The zero-order valence-electron chi connectivity index (χ0n) is 53.9. The van der Waals surface area contributed by atoms with Gasteiger partial charge in [-0.3, -0.25) is 0 Å². The van der Waals surface area contributed by atoms with E-state index in [0.717, 1.165) is 54.9 Å². The van der Waals surface area contributed by atoms with Crippen molar-refractivity contribution in [1.29, 1.82) is 0 Å². The molecular formula is C83H83BN3. The number of benzene rings is 10. The van der Waals surface area contributed by atoms with Gasteiger partial charge in [0.2, 0.25) is 0 Å². The topological polar surface area (TPSA) is 20.2 Å². The molecule has 0 atom stereocenters. The Kier molecular flexibility index (Phi) is 11.4. The van der Waals surface area contributed by atoms with Gasteiger partial charge in [0.15, 0.2) is 7.28 Å². The van der Waals surface area contributed by atoms with E-state index in [9.17, 15) is 0 Å². The van der Waals surface area contributed by atoms with E-state index >= 15 is 0 Å². The molecule has 4 heteroatoms. The molecule has 0 bridgehead atoms. The Labute approximate surface area is 517 Å². The predicted octanol–water partition coefficient (Wildman–Crippen LogP) is 21.3. The molecular weight excluding hydrogens is 1050 g/mol. The maximum Gasteiger partial charge on any atom is 0.197 e. The molecule has 4 aliphatic carbocycles. The SMILES string of the molecule is CC1(C)CCC(C)(C)c2cc(Nc3cc4c(cc3-c3cc(N(c5ccc6c(c5)-c5ccccc5C6(C)C)c5ccc6ccccc6c5)c5c6c7ccccc7ccc6n6c5c3[B]c3cc5c(cc3-6)C(C)(C)CCC5(C)C)C(C)(C)CCC4(C)C)ccc21. The number of anilines is 5. The van der Waals surface area contributed by atoms with Gasteiger partial charge in [-0.2, -0.15) is 0 Å². The summed E-state index contributed by atoms with van der Waals surface area (Å²) in [7, 11) is 2.62. The Morgan fingerprint density at radius 2 is 0.931 bits per heavy atom. The number of hydrogen-bond acceptors (Lipinski definition) is 2. The van der Waals surface area contributed by atoms with Gasteiger partial charge in [-0.25, -0.2) is 0 Å². The number of nitrogens with zero attached hydrogens (tertiary/aromatic N) is 2. The first-order valence-electron chi connectivity index (χ1n) is 32.5. The van der Waals surface area contributed by atoms with Gasteiger partial charge in [0.05, 0.1) is 16.7 Å². The third-order valence-corrected chi connectivity index (χ3v) is 23.0. The molecule has 0 saturated carbocycles. The minimum Gasteiger partial charge on any atom is -0.355 e. The van der Waals surface area contributed by atoms with Crippen LogP contribution in [0.5, 0.6) is 0 Å². The van der Waals surface area contributed by atoms with Crippen molar-refractivity contribution in [3.63, 3.8) is 0 Å². The Bertz CT molecular complexity index is 4800. The number of fused-ring (bicyclic) bond motifs is 14. The summed E-state index contributed by atoms with van der Waals surface area (Å²) in [6, 6.07) is 67.0. The zero-order valence-corrected chi connectivity index (χ0v) is 53.9. The van der Waals surface area contributed by atoms with Crippen LogP contribution in [0.4, 0.5) is 28.4 Å². The van der Waals surface area contributed by atoms with Crippen LogP contribution in [-0.2, 0) is 37.9 Å². The first kappa shape index (κ1) is 54.6. The number of rotatable bonds is 6. The van der Waals surface area contributed by atoms with E-state index in [2.05, 4.69) is 289 Å². The molecule has 0 fully saturated rings. The molecule has 10 aromatic carbocycles. The van der Waals surface area contributed by atoms with Crippen LogP contribution in [0.1, 0.15) is 180 Å². The molecule has 1 radical (unpaired) electrons. The van der Waals surface area contributed by atoms with Crippen molar-refractivity contribution in [2.75, 3.05) is 10.2 Å². The minimum absolute atomic E-state index is 0.0154. The molecule has 0 spiro atoms. The summed E-state index contributed by atoms with van der Waals surface area (Å²) in [6.45, 7) is 34.5. The number of aromatic nitrogens is 1. The fourth-order valence-corrected chi connectivity index (χ4v) is 17.2. The third kappa shape index (κ3) is 8.00. The lowest BCUT2D eigenvalue weighted by Crippen LogP contribution is -2.41. The molecule has 0 amide bonds. The molecule has 5 aliphatic rings. The summed E-state index contributed by atoms with van der Waals surface area (Å²) < 4.78 is 2.72. The third-order valence-electron chi connectivity index (χ3n) is 23.0. The van der Waals surface area contributed by atoms with Crippen molar-refractivity contribution >= 4 is 90.0 Å². The van der Waals surface area contributed by atoms with Crippen LogP contribution in [-0.4, -0.2) is 11.8 Å². The Hall–Kier alpha value is -7.82. The molecule has 1 aliphatic heterocycles. The summed E-state index contributed by atoms with van der Waals surface area (Å²) in [4.78, 5) is 2.65. The largest absolute Gasteiger partial charge is 0.355 e. The van der Waals surface area contributed by atoms with Crippen LogP contribution in [0.25, 0.3) is 71.3 Å². The summed E-state index contributed by atoms with van der Waals surface area (Å²) in [5.74, 6) is 0. The Balaban J connectivity index is 1.08. The highest BCUT2D eigenvalue weighted by Gasteiger charge is 2.43.